The van der Waals surface area contributed by atoms with Gasteiger partial charge < -0.3 is 14.2 Å². The number of ether oxygens (including phenoxy) is 3. The highest BCUT2D eigenvalue weighted by Crippen LogP contribution is 2.39. The Morgan fingerprint density at radius 2 is 1.62 bits per heavy atom. The molecule has 2 aliphatic rings. The molecule has 0 radical (unpaired) electrons. The van der Waals surface area contributed by atoms with Crippen molar-refractivity contribution in [1.29, 1.82) is 0 Å². The Morgan fingerprint density at radius 1 is 0.981 bits per heavy atom. The Bertz CT molecular complexity index is 1900. The van der Waals surface area contributed by atoms with Crippen molar-refractivity contribution in [3.05, 3.63) is 64.2 Å². The van der Waals surface area contributed by atoms with Crippen molar-refractivity contribution in [2.24, 2.45) is 4.99 Å². The van der Waals surface area contributed by atoms with Gasteiger partial charge in [0.1, 0.15) is 28.3 Å². The van der Waals surface area contributed by atoms with Gasteiger partial charge in [-0.1, -0.05) is 6.07 Å². The van der Waals surface area contributed by atoms with Gasteiger partial charge >= 0.3 is 18.2 Å². The van der Waals surface area contributed by atoms with Gasteiger partial charge in [0, 0.05) is 25.1 Å². The SMILES string of the molecule is C#CCCOc1cc(C2=NC3(CCN(S(=O)(=O)CCc4ccc(C(=O)OC(C)(C)C)cc4C)CC3)C(=O)N2C(=O)OC(C)(C)C)cc(C(F)(F)F)c1. The summed E-state index contributed by atoms with van der Waals surface area (Å²) in [5, 5.41) is 0. The maximum Gasteiger partial charge on any atom is 0.423 e. The second-order valence-electron chi connectivity index (χ2n) is 14.7. The van der Waals surface area contributed by atoms with Gasteiger partial charge in [0.25, 0.3) is 5.91 Å². The molecule has 15 heteroatoms. The minimum Gasteiger partial charge on any atom is -0.493 e. The van der Waals surface area contributed by atoms with E-state index in [-0.39, 0.29) is 68.3 Å². The maximum atomic E-state index is 14.1. The number of piperidine rings is 1. The van der Waals surface area contributed by atoms with Gasteiger partial charge in [-0.05, 0) is 109 Å². The molecule has 1 fully saturated rings. The zero-order valence-corrected chi connectivity index (χ0v) is 31.2. The van der Waals surface area contributed by atoms with E-state index in [1.807, 2.05) is 0 Å². The van der Waals surface area contributed by atoms with Crippen molar-refractivity contribution in [2.75, 3.05) is 25.4 Å². The molecule has 282 valence electrons. The highest BCUT2D eigenvalue weighted by atomic mass is 32.2. The summed E-state index contributed by atoms with van der Waals surface area (Å²) in [5.41, 5.74) is -2.90. The van der Waals surface area contributed by atoms with Gasteiger partial charge in [-0.25, -0.2) is 22.3 Å². The number of sulfonamides is 1. The van der Waals surface area contributed by atoms with Crippen molar-refractivity contribution < 1.29 is 50.2 Å². The van der Waals surface area contributed by atoms with Gasteiger partial charge in [-0.3, -0.25) is 9.79 Å². The lowest BCUT2D eigenvalue weighted by Crippen LogP contribution is -2.53. The van der Waals surface area contributed by atoms with Crippen molar-refractivity contribution in [3.8, 4) is 18.1 Å². The highest BCUT2D eigenvalue weighted by molar-refractivity contribution is 7.89. The van der Waals surface area contributed by atoms with Crippen LogP contribution < -0.4 is 4.74 Å². The largest absolute Gasteiger partial charge is 0.493 e. The molecule has 1 spiro atoms. The number of halogens is 3. The summed E-state index contributed by atoms with van der Waals surface area (Å²) in [6.07, 6.45) is -0.691. The van der Waals surface area contributed by atoms with Crippen LogP contribution in [-0.2, 0) is 36.9 Å². The number of terminal acetylenes is 1. The van der Waals surface area contributed by atoms with E-state index < -0.39 is 56.5 Å². The van der Waals surface area contributed by atoms with E-state index in [2.05, 4.69) is 10.9 Å². The number of imide groups is 1. The van der Waals surface area contributed by atoms with Crippen LogP contribution >= 0.6 is 0 Å². The van der Waals surface area contributed by atoms with Crippen LogP contribution in [0.3, 0.4) is 0 Å². The van der Waals surface area contributed by atoms with Gasteiger partial charge in [0.15, 0.2) is 0 Å². The second-order valence-corrected chi connectivity index (χ2v) is 16.8. The minimum atomic E-state index is -4.81. The molecular weight excluding hydrogens is 703 g/mol. The minimum absolute atomic E-state index is 0.0797. The smallest absolute Gasteiger partial charge is 0.423 e. The molecule has 0 N–H and O–H groups in total. The fraction of sp³-hybridized carbons (Fsp3) is 0.514. The number of alkyl halides is 3. The topological polar surface area (TPSA) is 132 Å². The zero-order valence-electron chi connectivity index (χ0n) is 30.3. The number of hydrogen-bond acceptors (Lipinski definition) is 9. The van der Waals surface area contributed by atoms with E-state index in [0.717, 1.165) is 23.3 Å². The average molecular weight is 748 g/mol. The second kappa shape index (κ2) is 14.9. The fourth-order valence-corrected chi connectivity index (χ4v) is 7.22. The van der Waals surface area contributed by atoms with E-state index in [1.54, 1.807) is 66.7 Å². The van der Waals surface area contributed by atoms with Crippen LogP contribution in [0.25, 0.3) is 0 Å². The number of carbonyl (C=O) groups excluding carboxylic acids is 3. The van der Waals surface area contributed by atoms with Crippen molar-refractivity contribution in [1.82, 2.24) is 9.21 Å². The molecule has 2 amide bonds. The van der Waals surface area contributed by atoms with Crippen LogP contribution in [0.5, 0.6) is 5.75 Å². The third-order valence-electron chi connectivity index (χ3n) is 8.27. The molecular formula is C37H44F3N3O8S. The Morgan fingerprint density at radius 3 is 2.17 bits per heavy atom. The molecule has 0 atom stereocenters. The zero-order chi connectivity index (χ0) is 38.9. The highest BCUT2D eigenvalue weighted by Gasteiger charge is 2.54. The summed E-state index contributed by atoms with van der Waals surface area (Å²) in [5.74, 6) is 0.194. The number of benzene rings is 2. The molecule has 2 aromatic carbocycles. The molecule has 2 aliphatic heterocycles. The number of esters is 1. The van der Waals surface area contributed by atoms with E-state index in [0.29, 0.717) is 10.5 Å². The van der Waals surface area contributed by atoms with Crippen LogP contribution in [0.4, 0.5) is 18.0 Å². The Labute approximate surface area is 302 Å². The van der Waals surface area contributed by atoms with Gasteiger partial charge in [0.05, 0.1) is 23.5 Å². The van der Waals surface area contributed by atoms with Crippen LogP contribution in [0, 0.1) is 19.3 Å². The van der Waals surface area contributed by atoms with Gasteiger partial charge in [-0.2, -0.15) is 18.1 Å². The van der Waals surface area contributed by atoms with Crippen molar-refractivity contribution in [2.45, 2.75) is 97.1 Å². The maximum absolute atomic E-state index is 14.1. The predicted molar refractivity (Wildman–Crippen MR) is 187 cm³/mol. The molecule has 11 nitrogen and oxygen atoms in total. The van der Waals surface area contributed by atoms with Crippen LogP contribution in [0.15, 0.2) is 41.4 Å². The molecule has 52 heavy (non-hydrogen) atoms. The van der Waals surface area contributed by atoms with Crippen LogP contribution in [0.1, 0.15) is 93.4 Å². The lowest BCUT2D eigenvalue weighted by Gasteiger charge is -2.35. The summed E-state index contributed by atoms with van der Waals surface area (Å²) < 4.78 is 86.6. The molecule has 4 rings (SSSR count). The summed E-state index contributed by atoms with van der Waals surface area (Å²) in [6, 6.07) is 7.70. The molecule has 0 saturated carbocycles. The fourth-order valence-electron chi connectivity index (χ4n) is 5.75. The monoisotopic (exact) mass is 747 g/mol. The van der Waals surface area contributed by atoms with Crippen LogP contribution in [-0.4, -0.2) is 83.6 Å². The molecule has 2 heterocycles. The average Bonchev–Trinajstić information content (AvgIpc) is 3.29. The van der Waals surface area contributed by atoms with E-state index >= 15 is 0 Å². The molecule has 0 aliphatic carbocycles. The number of aliphatic imine (C=N–C) groups is 1. The standard InChI is InChI=1S/C37H44F3N3O8S/c1-9-10-18-49-29-22-27(21-28(23-29)37(38,39)40)30-41-36(32(45)43(30)33(46)51-35(6,7)8)14-16-42(17-15-36)52(47,48)19-13-25-11-12-26(20-24(25)2)31(44)50-34(3,4)5/h1,11-12,20-23H,10,13-19H2,2-8H3. The Kier molecular flexibility index (Phi) is 11.6. The molecule has 0 unspecified atom stereocenters. The first-order valence-corrected chi connectivity index (χ1v) is 18.3. The quantitative estimate of drug-likeness (QED) is 0.166. The van der Waals surface area contributed by atoms with E-state index in [4.69, 9.17) is 20.6 Å². The number of amidine groups is 1. The Hall–Kier alpha value is -4.42. The van der Waals surface area contributed by atoms with Crippen LogP contribution in [0.2, 0.25) is 0 Å². The molecule has 1 saturated heterocycles. The number of hydrogen-bond donors (Lipinski definition) is 0. The lowest BCUT2D eigenvalue weighted by atomic mass is 9.88. The molecule has 0 bridgehead atoms. The number of carbonyl (C=O) groups is 3. The predicted octanol–water partition coefficient (Wildman–Crippen LogP) is 6.30. The summed E-state index contributed by atoms with van der Waals surface area (Å²) in [4.78, 5) is 45.2. The Balaban J connectivity index is 1.59. The van der Waals surface area contributed by atoms with Gasteiger partial charge in [0.2, 0.25) is 10.0 Å². The third-order valence-corrected chi connectivity index (χ3v) is 10.1. The first-order chi connectivity index (χ1) is 23.9. The van der Waals surface area contributed by atoms with Crippen molar-refractivity contribution in [3.63, 3.8) is 0 Å². The first kappa shape index (κ1) is 40.4. The number of nitrogens with zero attached hydrogens (tertiary/aromatic N) is 3. The third kappa shape index (κ3) is 9.71. The number of rotatable bonds is 9. The molecule has 2 aromatic rings. The summed E-state index contributed by atoms with van der Waals surface area (Å²) in [7, 11) is -3.85. The van der Waals surface area contributed by atoms with Gasteiger partial charge in [-0.15, -0.1) is 12.3 Å². The summed E-state index contributed by atoms with van der Waals surface area (Å²) >= 11 is 0. The molecule has 0 aromatic heterocycles. The van der Waals surface area contributed by atoms with E-state index in [1.165, 1.54) is 10.4 Å². The van der Waals surface area contributed by atoms with Crippen molar-refractivity contribution >= 4 is 33.8 Å². The lowest BCUT2D eigenvalue weighted by molar-refractivity contribution is -0.137. The summed E-state index contributed by atoms with van der Waals surface area (Å²) in [6.45, 7) is 11.4. The van der Waals surface area contributed by atoms with E-state index in [9.17, 15) is 36.0 Å². The normalized spacial score (nSPS) is 16.8. The first-order valence-electron chi connectivity index (χ1n) is 16.7. The number of aryl methyl sites for hydroxylation is 2. The number of amides is 2.